The minimum absolute atomic E-state index is 0.0181. The van der Waals surface area contributed by atoms with Crippen LogP contribution in [0, 0.1) is 23.7 Å². The lowest BCUT2D eigenvalue weighted by atomic mass is 9.78. The van der Waals surface area contributed by atoms with Gasteiger partial charge in [0.1, 0.15) is 36.8 Å². The van der Waals surface area contributed by atoms with E-state index in [1.54, 1.807) is 13.8 Å². The van der Waals surface area contributed by atoms with Gasteiger partial charge in [-0.2, -0.15) is 0 Å². The van der Waals surface area contributed by atoms with Crippen molar-refractivity contribution < 1.29 is 68.8 Å². The van der Waals surface area contributed by atoms with Crippen LogP contribution < -0.4 is 5.32 Å². The number of hydrazine groups is 2. The fraction of sp³-hybridized carbons (Fsp3) is 0.844. The van der Waals surface area contributed by atoms with Crippen molar-refractivity contribution in [2.45, 2.75) is 180 Å². The van der Waals surface area contributed by atoms with Gasteiger partial charge in [-0.25, -0.2) is 24.9 Å². The van der Waals surface area contributed by atoms with E-state index in [1.165, 1.54) is 44.9 Å². The molecule has 6 N–H and O–H groups in total. The van der Waals surface area contributed by atoms with Crippen LogP contribution in [-0.2, 0) is 43.0 Å². The summed E-state index contributed by atoms with van der Waals surface area (Å²) in [6, 6.07) is -8.31. The van der Waals surface area contributed by atoms with Crippen molar-refractivity contribution in [1.29, 1.82) is 0 Å². The fourth-order valence-electron chi connectivity index (χ4n) is 10.6. The lowest BCUT2D eigenvalue weighted by Crippen LogP contribution is -2.70. The molecule has 0 spiro atoms. The molecule has 380 valence electrons. The van der Waals surface area contributed by atoms with E-state index in [9.17, 15) is 54.5 Å². The maximum atomic E-state index is 15.3. The van der Waals surface area contributed by atoms with Crippen LogP contribution in [-0.4, -0.2) is 202 Å². The first-order valence-electron chi connectivity index (χ1n) is 23.9. The van der Waals surface area contributed by atoms with Gasteiger partial charge in [-0.05, 0) is 88.9 Å². The Bertz CT molecular complexity index is 1870. The molecule has 5 aliphatic heterocycles. The molecule has 0 aromatic rings. The van der Waals surface area contributed by atoms with Gasteiger partial charge in [-0.3, -0.25) is 49.2 Å². The van der Waals surface area contributed by atoms with Gasteiger partial charge in [0, 0.05) is 40.2 Å². The van der Waals surface area contributed by atoms with Crippen molar-refractivity contribution in [3.63, 3.8) is 0 Å². The Morgan fingerprint density at radius 3 is 1.96 bits per heavy atom. The second kappa shape index (κ2) is 20.9. The van der Waals surface area contributed by atoms with Crippen LogP contribution in [0.15, 0.2) is 0 Å². The second-order valence-electron chi connectivity index (χ2n) is 20.8. The first-order chi connectivity index (χ1) is 31.1. The van der Waals surface area contributed by atoms with E-state index in [-0.39, 0.29) is 54.8 Å². The lowest BCUT2D eigenvalue weighted by Gasteiger charge is -2.48. The molecule has 5 rings (SSSR count). The summed E-state index contributed by atoms with van der Waals surface area (Å²) in [5.74, 6) is -11.5. The number of fused-ring (bicyclic) bond motifs is 3. The van der Waals surface area contributed by atoms with Crippen LogP contribution >= 0.6 is 0 Å². The van der Waals surface area contributed by atoms with Crippen LogP contribution in [0.1, 0.15) is 120 Å². The molecular formula is C45H76N8O14. The third-order valence-corrected chi connectivity index (χ3v) is 14.4. The predicted molar refractivity (Wildman–Crippen MR) is 236 cm³/mol. The molecule has 0 radical (unpaired) electrons. The van der Waals surface area contributed by atoms with Gasteiger partial charge in [0.05, 0.1) is 11.7 Å². The number of aliphatic hydroxyl groups is 3. The predicted octanol–water partition coefficient (Wildman–Crippen LogP) is 0.231. The number of hydroxylamine groups is 4. The van der Waals surface area contributed by atoms with Gasteiger partial charge < -0.3 is 35.0 Å². The minimum Gasteiger partial charge on any atom is -0.458 e. The average Bonchev–Trinajstić information content (AvgIpc) is 3.57. The van der Waals surface area contributed by atoms with E-state index in [0.29, 0.717) is 38.1 Å². The molecule has 5 saturated heterocycles. The highest BCUT2D eigenvalue weighted by Crippen LogP contribution is 2.42. The maximum Gasteiger partial charge on any atom is 0.332 e. The summed E-state index contributed by atoms with van der Waals surface area (Å²) in [4.78, 5) is 103. The number of amides is 6. The number of carbonyl (C=O) groups is 7. The van der Waals surface area contributed by atoms with Crippen molar-refractivity contribution >= 4 is 41.4 Å². The SMILES string of the molecule is CCC1OC(O)(C(C)(O)C(=O)NC2C(=O)N3C(CCCN3C)C(=O)N(O)CC(=O)N3C(CCCN3C)C(=O)N3CCC(C)(O)C3C(=O)N(O)C(C(C)C)C(=O)OC2C(C)C)CCC1CC(C)C. The summed E-state index contributed by atoms with van der Waals surface area (Å²) in [6.07, 6.45) is -0.0428. The molecular weight excluding hydrogens is 877 g/mol. The topological polar surface area (TPSA) is 274 Å². The van der Waals surface area contributed by atoms with Crippen molar-refractivity contribution in [2.24, 2.45) is 23.7 Å². The molecule has 22 nitrogen and oxygen atoms in total. The molecule has 0 aromatic carbocycles. The van der Waals surface area contributed by atoms with Gasteiger partial charge in [-0.15, -0.1) is 0 Å². The molecule has 6 amide bonds. The fourth-order valence-corrected chi connectivity index (χ4v) is 10.6. The Kier molecular flexibility index (Phi) is 16.8. The van der Waals surface area contributed by atoms with Crippen molar-refractivity contribution in [1.82, 2.24) is 40.4 Å². The highest BCUT2D eigenvalue weighted by atomic mass is 16.6. The number of hydrogen-bond donors (Lipinski definition) is 6. The Balaban J connectivity index is 1.64. The highest BCUT2D eigenvalue weighted by molar-refractivity contribution is 5.97. The van der Waals surface area contributed by atoms with Crippen LogP contribution in [0.25, 0.3) is 0 Å². The summed E-state index contributed by atoms with van der Waals surface area (Å²) in [5, 5.41) is 66.5. The molecule has 0 saturated carbocycles. The average molecular weight is 953 g/mol. The Labute approximate surface area is 393 Å². The highest BCUT2D eigenvalue weighted by Gasteiger charge is 2.59. The normalized spacial score (nSPS) is 35.0. The zero-order chi connectivity index (χ0) is 50.2. The summed E-state index contributed by atoms with van der Waals surface area (Å²) in [5.41, 5.74) is -4.67. The number of esters is 1. The lowest BCUT2D eigenvalue weighted by molar-refractivity contribution is -0.329. The first kappa shape index (κ1) is 53.9. The summed E-state index contributed by atoms with van der Waals surface area (Å²) in [7, 11) is 3.01. The number of hydrogen-bond acceptors (Lipinski definition) is 16. The van der Waals surface area contributed by atoms with Crippen LogP contribution in [0.2, 0.25) is 0 Å². The number of nitrogens with one attached hydrogen (secondary N) is 1. The molecule has 11 atom stereocenters. The number of ether oxygens (including phenoxy) is 2. The van der Waals surface area contributed by atoms with Gasteiger partial charge in [0.2, 0.25) is 11.7 Å². The maximum absolute atomic E-state index is 15.3. The molecule has 0 aliphatic carbocycles. The molecule has 11 unspecified atom stereocenters. The summed E-state index contributed by atoms with van der Waals surface area (Å²) < 4.78 is 12.2. The van der Waals surface area contributed by atoms with Crippen molar-refractivity contribution in [3.8, 4) is 0 Å². The van der Waals surface area contributed by atoms with Gasteiger partial charge in [0.15, 0.2) is 11.6 Å². The van der Waals surface area contributed by atoms with Crippen molar-refractivity contribution in [3.05, 3.63) is 0 Å². The zero-order valence-corrected chi connectivity index (χ0v) is 41.1. The zero-order valence-electron chi connectivity index (χ0n) is 41.1. The Morgan fingerprint density at radius 1 is 0.821 bits per heavy atom. The molecule has 5 aliphatic rings. The quantitative estimate of drug-likeness (QED) is 0.140. The van der Waals surface area contributed by atoms with Crippen LogP contribution in [0.3, 0.4) is 0 Å². The van der Waals surface area contributed by atoms with E-state index >= 15 is 4.79 Å². The third kappa shape index (κ3) is 10.8. The van der Waals surface area contributed by atoms with E-state index in [4.69, 9.17) is 9.47 Å². The standard InChI is InChI=1S/C45H76N8O14/c1-12-31-28(23-25(2)3)17-18-45(63,67-31)44(9,62)42(60)46-33-35(27(6)7)66-41(59)34(26(4)5)53(65)40(58)36-43(8,61)19-22-49(36)37(55)29-15-13-20-47(10)51(29)32(54)24-50(64)38(56)30-16-14-21-48(11)52(30)39(33)57/h25-31,33-36,61-65H,12-24H2,1-11H3,(H,46,60). The monoisotopic (exact) mass is 953 g/mol. The Hall–Kier alpha value is -4.03. The van der Waals surface area contributed by atoms with Gasteiger partial charge in [-0.1, -0.05) is 48.5 Å². The minimum atomic E-state index is -2.74. The van der Waals surface area contributed by atoms with Gasteiger partial charge >= 0.3 is 5.97 Å². The smallest absolute Gasteiger partial charge is 0.332 e. The summed E-state index contributed by atoms with van der Waals surface area (Å²) in [6.45, 7) is 13.8. The number of nitrogens with zero attached hydrogens (tertiary/aromatic N) is 7. The summed E-state index contributed by atoms with van der Waals surface area (Å²) >= 11 is 0. The van der Waals surface area contributed by atoms with E-state index in [2.05, 4.69) is 19.2 Å². The number of carbonyl (C=O) groups excluding carboxylic acids is 7. The third-order valence-electron chi connectivity index (χ3n) is 14.4. The first-order valence-corrected chi connectivity index (χ1v) is 23.9. The largest absolute Gasteiger partial charge is 0.458 e. The number of rotatable bonds is 8. The molecule has 0 aromatic heterocycles. The van der Waals surface area contributed by atoms with E-state index < -0.39 is 119 Å². The van der Waals surface area contributed by atoms with E-state index in [0.717, 1.165) is 28.3 Å². The molecule has 0 bridgehead atoms. The van der Waals surface area contributed by atoms with Crippen molar-refractivity contribution in [2.75, 3.05) is 40.3 Å². The molecule has 22 heteroatoms. The molecule has 5 heterocycles. The molecule has 5 fully saturated rings. The Morgan fingerprint density at radius 2 is 1.40 bits per heavy atom. The van der Waals surface area contributed by atoms with Crippen LogP contribution in [0.5, 0.6) is 0 Å². The van der Waals surface area contributed by atoms with E-state index in [1.807, 2.05) is 6.92 Å². The van der Waals surface area contributed by atoms with Gasteiger partial charge in [0.25, 0.3) is 29.5 Å². The second-order valence-corrected chi connectivity index (χ2v) is 20.8. The van der Waals surface area contributed by atoms with Crippen LogP contribution in [0.4, 0.5) is 0 Å². The number of cyclic esters (lactones) is 1. The molecule has 67 heavy (non-hydrogen) atoms.